The van der Waals surface area contributed by atoms with Gasteiger partial charge in [0, 0.05) is 26.6 Å². The van der Waals surface area contributed by atoms with Crippen molar-refractivity contribution in [3.05, 3.63) is 68.6 Å². The number of benzene rings is 1. The van der Waals surface area contributed by atoms with Gasteiger partial charge in [0.25, 0.3) is 0 Å². The van der Waals surface area contributed by atoms with E-state index in [2.05, 4.69) is 104 Å². The summed E-state index contributed by atoms with van der Waals surface area (Å²) in [6.07, 6.45) is 0. The molecule has 0 amide bonds. The molecule has 0 fully saturated rings. The van der Waals surface area contributed by atoms with Crippen LogP contribution in [0.4, 0.5) is 0 Å². The standard InChI is InChI=1S/C15H26NPSi2.5CO.W/c1-12-8-10-13(11-9-12)14-16-17(14)15(18(2,3)4)19(5,6)7;5*1-2;/h8-11,15H,1-7H3;;;;;;. The molecule has 0 aliphatic carbocycles. The molecule has 0 spiro atoms. The van der Waals surface area contributed by atoms with E-state index in [0.717, 1.165) is 4.91 Å². The number of hydrogen-bond donors (Lipinski definition) is 0. The topological polar surface area (TPSA) is 112 Å². The Hall–Kier alpha value is -0.858. The van der Waals surface area contributed by atoms with Gasteiger partial charge in [-0.25, -0.2) is 0 Å². The Labute approximate surface area is 198 Å². The van der Waals surface area contributed by atoms with Crippen LogP contribution in [0.25, 0.3) is 0 Å². The molecule has 0 N–H and O–H groups in total. The average molecular weight is 631 g/mol. The summed E-state index contributed by atoms with van der Waals surface area (Å²) in [5.74, 6) is 0. The van der Waals surface area contributed by atoms with E-state index in [4.69, 9.17) is 28.0 Å². The summed E-state index contributed by atoms with van der Waals surface area (Å²) in [6.45, 7) is 39.8. The van der Waals surface area contributed by atoms with Gasteiger partial charge in [0.05, 0.1) is 29.7 Å². The molecule has 2 rings (SSSR count). The van der Waals surface area contributed by atoms with Crippen molar-refractivity contribution in [2.24, 2.45) is 4.76 Å². The molecule has 1 heterocycles. The van der Waals surface area contributed by atoms with E-state index in [0.29, 0.717) is 0 Å². The first-order valence-corrected chi connectivity index (χ1v) is 16.6. The third-order valence-electron chi connectivity index (χ3n) is 3.57. The van der Waals surface area contributed by atoms with Crippen molar-refractivity contribution in [2.45, 2.75) is 51.1 Å². The molecule has 1 atom stereocenters. The average Bonchev–Trinajstić information content (AvgIpc) is 3.47. The molecule has 0 bridgehead atoms. The van der Waals surface area contributed by atoms with Crippen LogP contribution in [0.1, 0.15) is 11.1 Å². The monoisotopic (exact) mass is 631 g/mol. The fourth-order valence-corrected chi connectivity index (χ4v) is 21.7. The molecule has 6 nitrogen and oxygen atoms in total. The Balaban J connectivity index is -0.000000166. The van der Waals surface area contributed by atoms with Gasteiger partial charge in [-0.05, 0) is 11.8 Å². The molecule has 1 aliphatic rings. The molecule has 0 saturated heterocycles. The van der Waals surface area contributed by atoms with E-state index in [1.807, 2.05) is 0 Å². The van der Waals surface area contributed by atoms with E-state index >= 15 is 0 Å². The quantitative estimate of drug-likeness (QED) is 0.191. The van der Waals surface area contributed by atoms with Gasteiger partial charge < -0.3 is 0 Å². The van der Waals surface area contributed by atoms with E-state index in [1.54, 1.807) is 0 Å². The fourth-order valence-electron chi connectivity index (χ4n) is 3.19. The molecular formula is C20H26NO5PSi2W. The van der Waals surface area contributed by atoms with Gasteiger partial charge >= 0.3 is 56.5 Å². The zero-order chi connectivity index (χ0) is 24.4. The van der Waals surface area contributed by atoms with Crippen LogP contribution in [0.2, 0.25) is 39.3 Å². The van der Waals surface area contributed by atoms with Gasteiger partial charge in [0.1, 0.15) is 0 Å². The van der Waals surface area contributed by atoms with E-state index in [-0.39, 0.29) is 29.1 Å². The normalized spacial score (nSPS) is 12.7. The van der Waals surface area contributed by atoms with E-state index < -0.39 is 16.1 Å². The summed E-state index contributed by atoms with van der Waals surface area (Å²) >= 11 is 0. The molecule has 0 saturated carbocycles. The van der Waals surface area contributed by atoms with Crippen molar-refractivity contribution in [1.82, 2.24) is 0 Å². The molecule has 30 heavy (non-hydrogen) atoms. The smallest absolute Gasteiger partial charge is 0 e. The first kappa shape index (κ1) is 39.6. The Morgan fingerprint density at radius 1 is 0.700 bits per heavy atom. The zero-order valence-electron chi connectivity index (χ0n) is 18.2. The minimum Gasteiger partial charge on any atom is 0 e. The number of aryl methyl sites for hydroxylation is 1. The van der Waals surface area contributed by atoms with E-state index in [1.165, 1.54) is 16.6 Å². The summed E-state index contributed by atoms with van der Waals surface area (Å²) in [5.41, 5.74) is 4.14. The first-order chi connectivity index (χ1) is 13.6. The van der Waals surface area contributed by atoms with Crippen molar-refractivity contribution in [3.8, 4) is 0 Å². The second-order valence-electron chi connectivity index (χ2n) is 7.77. The molecule has 1 unspecified atom stereocenters. The van der Waals surface area contributed by atoms with E-state index in [9.17, 15) is 0 Å². The molecule has 0 radical (unpaired) electrons. The molecule has 1 aliphatic heterocycles. The molecule has 10 heteroatoms. The van der Waals surface area contributed by atoms with Crippen LogP contribution in [-0.4, -0.2) is 26.5 Å². The maximum Gasteiger partial charge on any atom is 0 e. The number of nitrogens with zero attached hydrogens (tertiary/aromatic N) is 1. The van der Waals surface area contributed by atoms with Crippen molar-refractivity contribution < 1.29 is 44.3 Å². The van der Waals surface area contributed by atoms with Crippen molar-refractivity contribution in [2.75, 3.05) is 0 Å². The van der Waals surface area contributed by atoms with Crippen LogP contribution in [0.15, 0.2) is 29.0 Å². The maximum absolute atomic E-state index is 7.50. The Morgan fingerprint density at radius 3 is 1.27 bits per heavy atom. The van der Waals surface area contributed by atoms with Crippen LogP contribution in [0.5, 0.6) is 0 Å². The third kappa shape index (κ3) is 15.0. The van der Waals surface area contributed by atoms with Gasteiger partial charge in [0.15, 0.2) is 0 Å². The SMILES string of the molecule is Cc1ccc(C2=NP2C([Si](C)(C)C)[Si](C)(C)C)cc1.[C-]#[O+].[C-]#[O+].[C-]#[O+].[C-]#[O+].[C-]#[O+].[W]. The molecule has 160 valence electrons. The summed E-state index contributed by atoms with van der Waals surface area (Å²) in [6, 6.07) is 8.92. The second-order valence-corrected chi connectivity index (χ2v) is 21.8. The summed E-state index contributed by atoms with van der Waals surface area (Å²) < 4.78 is 42.4. The van der Waals surface area contributed by atoms with Gasteiger partial charge in [-0.2, -0.15) is 0 Å². The second kappa shape index (κ2) is 21.4. The van der Waals surface area contributed by atoms with Gasteiger partial charge in [0.2, 0.25) is 0 Å². The first-order valence-electron chi connectivity index (χ1n) is 8.07. The number of hydrogen-bond acceptors (Lipinski definition) is 1. The molecular weight excluding hydrogens is 605 g/mol. The van der Waals surface area contributed by atoms with Crippen LogP contribution in [-0.2, 0) is 44.3 Å². The minimum absolute atomic E-state index is 0. The fraction of sp³-hybridized carbons (Fsp3) is 0.400. The molecule has 1 aromatic rings. The third-order valence-corrected chi connectivity index (χ3v) is 19.7. The van der Waals surface area contributed by atoms with Gasteiger partial charge in [-0.3, -0.25) is 4.76 Å². The Morgan fingerprint density at radius 2 is 1.00 bits per heavy atom. The number of rotatable bonds is 4. The molecule has 0 aromatic heterocycles. The maximum atomic E-state index is 7.50. The zero-order valence-corrected chi connectivity index (χ0v) is 24.1. The largest absolute Gasteiger partial charge is 0 e. The summed E-state index contributed by atoms with van der Waals surface area (Å²) in [4.78, 5) is 0.923. The Kier molecular flexibility index (Phi) is 28.2. The van der Waals surface area contributed by atoms with Gasteiger partial charge in [-0.15, -0.1) is 0 Å². The Bertz CT molecular complexity index is 666. The van der Waals surface area contributed by atoms with Crippen LogP contribution < -0.4 is 0 Å². The predicted octanol–water partition coefficient (Wildman–Crippen LogP) is 5.09. The molecule has 1 aromatic carbocycles. The van der Waals surface area contributed by atoms with Crippen LogP contribution in [0.3, 0.4) is 0 Å². The van der Waals surface area contributed by atoms with Gasteiger partial charge in [-0.1, -0.05) is 69.1 Å². The van der Waals surface area contributed by atoms with Crippen molar-refractivity contribution in [3.63, 3.8) is 0 Å². The minimum atomic E-state index is -1.13. The summed E-state index contributed by atoms with van der Waals surface area (Å²) in [7, 11) is -2.44. The van der Waals surface area contributed by atoms with Crippen molar-refractivity contribution >= 4 is 29.7 Å². The summed E-state index contributed by atoms with van der Waals surface area (Å²) in [5, 5.41) is 0. The van der Waals surface area contributed by atoms with Crippen molar-refractivity contribution in [1.29, 1.82) is 0 Å². The predicted molar refractivity (Wildman–Crippen MR) is 115 cm³/mol. The van der Waals surface area contributed by atoms with Crippen LogP contribution >= 0.6 is 8.07 Å². The van der Waals surface area contributed by atoms with Crippen LogP contribution in [0, 0.1) is 40.2 Å².